The lowest BCUT2D eigenvalue weighted by atomic mass is 10.2. The molecule has 8 nitrogen and oxygen atoms in total. The van der Waals surface area contributed by atoms with Crippen LogP contribution in [0.15, 0.2) is 36.4 Å². The van der Waals surface area contributed by atoms with Gasteiger partial charge in [0.05, 0.1) is 27.4 Å². The minimum absolute atomic E-state index is 0.0643. The predicted octanol–water partition coefficient (Wildman–Crippen LogP) is 3.76. The van der Waals surface area contributed by atoms with E-state index in [2.05, 4.69) is 4.90 Å². The number of rotatable bonds is 10. The van der Waals surface area contributed by atoms with Crippen LogP contribution in [-0.2, 0) is 9.53 Å². The third-order valence-electron chi connectivity index (χ3n) is 5.74. The molecular formula is C25H31N3O5S. The fourth-order valence-electron chi connectivity index (χ4n) is 3.92. The van der Waals surface area contributed by atoms with Crippen LogP contribution in [0.4, 0.5) is 5.13 Å². The van der Waals surface area contributed by atoms with Crippen molar-refractivity contribution in [2.75, 3.05) is 65.1 Å². The lowest BCUT2D eigenvalue weighted by Crippen LogP contribution is -2.40. The minimum Gasteiger partial charge on any atom is -0.495 e. The van der Waals surface area contributed by atoms with Crippen molar-refractivity contribution < 1.29 is 23.7 Å². The van der Waals surface area contributed by atoms with E-state index in [0.717, 1.165) is 49.5 Å². The van der Waals surface area contributed by atoms with Gasteiger partial charge in [-0.1, -0.05) is 23.5 Å². The van der Waals surface area contributed by atoms with Gasteiger partial charge >= 0.3 is 0 Å². The summed E-state index contributed by atoms with van der Waals surface area (Å²) in [4.78, 5) is 22.2. The monoisotopic (exact) mass is 485 g/mol. The normalized spacial score (nSPS) is 14.2. The van der Waals surface area contributed by atoms with Crippen molar-refractivity contribution in [3.05, 3.63) is 42.0 Å². The molecule has 0 atom stereocenters. The number of nitrogens with zero attached hydrogens (tertiary/aromatic N) is 3. The third-order valence-corrected chi connectivity index (χ3v) is 6.84. The SMILES string of the molecule is COc1ccc(OC)c2sc(N(CCCN3CCOCC3)C(=O)COc3cccc(C)c3)nc12. The van der Waals surface area contributed by atoms with Crippen LogP contribution in [0.5, 0.6) is 17.2 Å². The Balaban J connectivity index is 1.55. The quantitative estimate of drug-likeness (QED) is 0.433. The van der Waals surface area contributed by atoms with Crippen LogP contribution in [0.2, 0.25) is 0 Å². The van der Waals surface area contributed by atoms with Crippen molar-refractivity contribution in [1.82, 2.24) is 9.88 Å². The Bertz CT molecular complexity index is 1070. The van der Waals surface area contributed by atoms with E-state index in [9.17, 15) is 4.79 Å². The lowest BCUT2D eigenvalue weighted by molar-refractivity contribution is -0.120. The molecule has 3 aromatic rings. The molecule has 0 unspecified atom stereocenters. The summed E-state index contributed by atoms with van der Waals surface area (Å²) in [6.45, 7) is 6.70. The fraction of sp³-hybridized carbons (Fsp3) is 0.440. The van der Waals surface area contributed by atoms with Gasteiger partial charge in [-0.25, -0.2) is 4.98 Å². The number of anilines is 1. The van der Waals surface area contributed by atoms with Gasteiger partial charge < -0.3 is 18.9 Å². The van der Waals surface area contributed by atoms with Gasteiger partial charge in [0.15, 0.2) is 11.7 Å². The van der Waals surface area contributed by atoms with E-state index in [1.54, 1.807) is 19.1 Å². The van der Waals surface area contributed by atoms with E-state index in [4.69, 9.17) is 23.9 Å². The second-order valence-electron chi connectivity index (χ2n) is 8.10. The Morgan fingerprint density at radius 3 is 2.65 bits per heavy atom. The van der Waals surface area contributed by atoms with Crippen molar-refractivity contribution in [3.8, 4) is 17.2 Å². The molecule has 2 aromatic carbocycles. The number of hydrogen-bond acceptors (Lipinski definition) is 8. The largest absolute Gasteiger partial charge is 0.495 e. The number of methoxy groups -OCH3 is 2. The van der Waals surface area contributed by atoms with E-state index in [0.29, 0.717) is 34.4 Å². The van der Waals surface area contributed by atoms with Crippen LogP contribution < -0.4 is 19.1 Å². The van der Waals surface area contributed by atoms with Crippen LogP contribution in [0.3, 0.4) is 0 Å². The first kappa shape index (κ1) is 24.3. The van der Waals surface area contributed by atoms with Gasteiger partial charge in [0.1, 0.15) is 27.5 Å². The zero-order valence-electron chi connectivity index (χ0n) is 19.9. The molecule has 0 aliphatic carbocycles. The maximum atomic E-state index is 13.3. The first-order valence-corrected chi connectivity index (χ1v) is 12.2. The molecule has 1 amide bonds. The van der Waals surface area contributed by atoms with Crippen molar-refractivity contribution in [2.24, 2.45) is 0 Å². The number of aryl methyl sites for hydroxylation is 1. The lowest BCUT2D eigenvalue weighted by Gasteiger charge is -2.27. The van der Waals surface area contributed by atoms with E-state index < -0.39 is 0 Å². The topological polar surface area (TPSA) is 73.4 Å². The number of carbonyl (C=O) groups is 1. The number of hydrogen-bond donors (Lipinski definition) is 0. The smallest absolute Gasteiger partial charge is 0.266 e. The van der Waals surface area contributed by atoms with Crippen molar-refractivity contribution in [1.29, 1.82) is 0 Å². The van der Waals surface area contributed by atoms with Gasteiger partial charge in [-0.2, -0.15) is 0 Å². The first-order valence-electron chi connectivity index (χ1n) is 11.4. The van der Waals surface area contributed by atoms with Crippen molar-refractivity contribution in [3.63, 3.8) is 0 Å². The van der Waals surface area contributed by atoms with Crippen LogP contribution in [0.1, 0.15) is 12.0 Å². The molecule has 1 fully saturated rings. The molecule has 1 aromatic heterocycles. The van der Waals surface area contributed by atoms with Gasteiger partial charge in [0, 0.05) is 26.2 Å². The molecule has 4 rings (SSSR count). The summed E-state index contributed by atoms with van der Waals surface area (Å²) in [6.07, 6.45) is 0.820. The van der Waals surface area contributed by atoms with Gasteiger partial charge in [0.25, 0.3) is 5.91 Å². The van der Waals surface area contributed by atoms with Crippen molar-refractivity contribution >= 4 is 32.6 Å². The van der Waals surface area contributed by atoms with Gasteiger partial charge in [-0.15, -0.1) is 0 Å². The van der Waals surface area contributed by atoms with E-state index in [-0.39, 0.29) is 12.5 Å². The molecule has 0 bridgehead atoms. The van der Waals surface area contributed by atoms with Crippen LogP contribution in [0, 0.1) is 6.92 Å². The van der Waals surface area contributed by atoms with Crippen molar-refractivity contribution in [2.45, 2.75) is 13.3 Å². The summed E-state index contributed by atoms with van der Waals surface area (Å²) in [7, 11) is 3.24. The highest BCUT2D eigenvalue weighted by molar-refractivity contribution is 7.22. The van der Waals surface area contributed by atoms with Crippen LogP contribution in [0.25, 0.3) is 10.2 Å². The Morgan fingerprint density at radius 1 is 1.15 bits per heavy atom. The Hall–Kier alpha value is -2.88. The molecule has 0 radical (unpaired) electrons. The number of fused-ring (bicyclic) bond motifs is 1. The predicted molar refractivity (Wildman–Crippen MR) is 134 cm³/mol. The molecule has 9 heteroatoms. The third kappa shape index (κ3) is 5.78. The average molecular weight is 486 g/mol. The van der Waals surface area contributed by atoms with Gasteiger partial charge in [-0.05, 0) is 43.2 Å². The second-order valence-corrected chi connectivity index (χ2v) is 9.08. The number of carbonyl (C=O) groups excluding carboxylic acids is 1. The van der Waals surface area contributed by atoms with Gasteiger partial charge in [-0.3, -0.25) is 14.6 Å². The Kier molecular flexibility index (Phi) is 8.21. The summed E-state index contributed by atoms with van der Waals surface area (Å²) < 4.78 is 23.1. The molecule has 34 heavy (non-hydrogen) atoms. The number of amides is 1. The minimum atomic E-state index is -0.138. The highest BCUT2D eigenvalue weighted by Crippen LogP contribution is 2.40. The summed E-state index contributed by atoms with van der Waals surface area (Å²) >= 11 is 1.42. The molecular weight excluding hydrogens is 454 g/mol. The molecule has 0 saturated carbocycles. The number of thiazole rings is 1. The number of aromatic nitrogens is 1. The maximum Gasteiger partial charge on any atom is 0.266 e. The number of ether oxygens (including phenoxy) is 4. The zero-order chi connectivity index (χ0) is 23.9. The summed E-state index contributed by atoms with van der Waals surface area (Å²) in [5, 5.41) is 0.609. The second kappa shape index (κ2) is 11.5. The van der Waals surface area contributed by atoms with E-state index in [1.165, 1.54) is 11.3 Å². The Morgan fingerprint density at radius 2 is 1.91 bits per heavy atom. The summed E-state index contributed by atoms with van der Waals surface area (Å²) in [5.41, 5.74) is 1.77. The molecule has 2 heterocycles. The van der Waals surface area contributed by atoms with E-state index in [1.807, 2.05) is 43.3 Å². The molecule has 1 saturated heterocycles. The number of benzene rings is 2. The van der Waals surface area contributed by atoms with Crippen LogP contribution >= 0.6 is 11.3 Å². The first-order chi connectivity index (χ1) is 16.6. The summed E-state index contributed by atoms with van der Waals surface area (Å²) in [5.74, 6) is 1.89. The standard InChI is InChI=1S/C25H31N3O5S/c1-18-6-4-7-19(16-18)33-17-22(29)28(11-5-10-27-12-14-32-15-13-27)25-26-23-20(30-2)8-9-21(31-3)24(23)34-25/h4,6-9,16H,5,10-15,17H2,1-3H3. The molecule has 182 valence electrons. The highest BCUT2D eigenvalue weighted by Gasteiger charge is 2.23. The highest BCUT2D eigenvalue weighted by atomic mass is 32.1. The summed E-state index contributed by atoms with van der Waals surface area (Å²) in [6, 6.07) is 11.4. The molecule has 0 N–H and O–H groups in total. The fourth-order valence-corrected chi connectivity index (χ4v) is 5.04. The zero-order valence-corrected chi connectivity index (χ0v) is 20.7. The average Bonchev–Trinajstić information content (AvgIpc) is 3.30. The Labute approximate surface area is 204 Å². The molecule has 1 aliphatic rings. The molecule has 1 aliphatic heterocycles. The number of morpholine rings is 1. The van der Waals surface area contributed by atoms with Crippen LogP contribution in [-0.4, -0.2) is 76.0 Å². The maximum absolute atomic E-state index is 13.3. The van der Waals surface area contributed by atoms with E-state index >= 15 is 0 Å². The molecule has 0 spiro atoms. The van der Waals surface area contributed by atoms with Gasteiger partial charge in [0.2, 0.25) is 0 Å².